The molecule has 5 nitrogen and oxygen atoms in total. The van der Waals surface area contributed by atoms with E-state index in [4.69, 9.17) is 14.2 Å². The van der Waals surface area contributed by atoms with Crippen LogP contribution in [0.4, 0.5) is 0 Å². The van der Waals surface area contributed by atoms with Gasteiger partial charge in [0.05, 0.1) is 26.9 Å². The fraction of sp³-hybridized carbons (Fsp3) is 0.600. The maximum Gasteiger partial charge on any atom is 0.124 e. The van der Waals surface area contributed by atoms with Gasteiger partial charge in [-0.25, -0.2) is 0 Å². The van der Waals surface area contributed by atoms with Gasteiger partial charge in [-0.3, -0.25) is 0 Å². The van der Waals surface area contributed by atoms with E-state index in [1.165, 1.54) is 0 Å². The zero-order valence-corrected chi connectivity index (χ0v) is 12.1. The quantitative estimate of drug-likeness (QED) is 0.790. The van der Waals surface area contributed by atoms with Gasteiger partial charge in [0, 0.05) is 25.3 Å². The fourth-order valence-electron chi connectivity index (χ4n) is 2.38. The van der Waals surface area contributed by atoms with Crippen LogP contribution in [0.5, 0.6) is 11.5 Å². The summed E-state index contributed by atoms with van der Waals surface area (Å²) >= 11 is 0. The standard InChI is InChI=1S/C15H23NO4/c1-18-12-3-4-15(19-2)13(7-12)14(17)9-16-8-11-5-6-20-10-11/h3-4,7,11,14,16-17H,5-6,8-10H2,1-2H3. The Bertz CT molecular complexity index is 418. The molecule has 0 radical (unpaired) electrons. The Hall–Kier alpha value is -1.30. The number of hydrogen-bond donors (Lipinski definition) is 2. The largest absolute Gasteiger partial charge is 0.497 e. The number of aliphatic hydroxyl groups excluding tert-OH is 1. The van der Waals surface area contributed by atoms with Gasteiger partial charge in [0.1, 0.15) is 11.5 Å². The van der Waals surface area contributed by atoms with Crippen molar-refractivity contribution in [2.45, 2.75) is 12.5 Å². The number of nitrogens with one attached hydrogen (secondary N) is 1. The summed E-state index contributed by atoms with van der Waals surface area (Å²) in [6.45, 7) is 3.01. The van der Waals surface area contributed by atoms with Crippen LogP contribution in [-0.4, -0.2) is 45.6 Å². The van der Waals surface area contributed by atoms with Gasteiger partial charge in [-0.1, -0.05) is 0 Å². The normalized spacial score (nSPS) is 19.9. The average Bonchev–Trinajstić information content (AvgIpc) is 2.99. The summed E-state index contributed by atoms with van der Waals surface area (Å²) in [5.41, 5.74) is 0.738. The molecule has 1 aromatic carbocycles. The Morgan fingerprint density at radius 1 is 1.40 bits per heavy atom. The van der Waals surface area contributed by atoms with E-state index < -0.39 is 6.10 Å². The molecule has 0 aliphatic carbocycles. The van der Waals surface area contributed by atoms with Crippen LogP contribution in [0.3, 0.4) is 0 Å². The third kappa shape index (κ3) is 3.85. The van der Waals surface area contributed by atoms with Crippen molar-refractivity contribution >= 4 is 0 Å². The van der Waals surface area contributed by atoms with E-state index in [9.17, 15) is 5.11 Å². The maximum atomic E-state index is 10.3. The molecule has 2 N–H and O–H groups in total. The molecule has 0 spiro atoms. The molecule has 20 heavy (non-hydrogen) atoms. The molecule has 1 aliphatic heterocycles. The SMILES string of the molecule is COc1ccc(OC)c(C(O)CNCC2CCOC2)c1. The first-order valence-electron chi connectivity index (χ1n) is 6.93. The van der Waals surface area contributed by atoms with E-state index in [2.05, 4.69) is 5.32 Å². The molecule has 1 aromatic rings. The minimum atomic E-state index is -0.623. The van der Waals surface area contributed by atoms with Gasteiger partial charge in [-0.05, 0) is 30.5 Å². The van der Waals surface area contributed by atoms with E-state index in [1.54, 1.807) is 14.2 Å². The lowest BCUT2D eigenvalue weighted by molar-refractivity contribution is 0.163. The van der Waals surface area contributed by atoms with E-state index in [1.807, 2.05) is 18.2 Å². The maximum absolute atomic E-state index is 10.3. The molecule has 0 aromatic heterocycles. The van der Waals surface area contributed by atoms with Crippen molar-refractivity contribution < 1.29 is 19.3 Å². The Morgan fingerprint density at radius 3 is 2.90 bits per heavy atom. The number of benzene rings is 1. The molecule has 2 unspecified atom stereocenters. The van der Waals surface area contributed by atoms with Gasteiger partial charge in [-0.2, -0.15) is 0 Å². The van der Waals surface area contributed by atoms with Gasteiger partial charge in [0.25, 0.3) is 0 Å². The first-order chi connectivity index (χ1) is 9.74. The monoisotopic (exact) mass is 281 g/mol. The molecule has 2 rings (SSSR count). The predicted molar refractivity (Wildman–Crippen MR) is 76.3 cm³/mol. The van der Waals surface area contributed by atoms with E-state index in [-0.39, 0.29) is 0 Å². The molecule has 1 aliphatic rings. The van der Waals surface area contributed by atoms with Crippen molar-refractivity contribution in [3.63, 3.8) is 0 Å². The van der Waals surface area contributed by atoms with Crippen LogP contribution in [0, 0.1) is 5.92 Å². The smallest absolute Gasteiger partial charge is 0.124 e. The van der Waals surface area contributed by atoms with Crippen molar-refractivity contribution in [3.05, 3.63) is 23.8 Å². The molecule has 1 saturated heterocycles. The minimum absolute atomic E-state index is 0.486. The average molecular weight is 281 g/mol. The van der Waals surface area contributed by atoms with E-state index in [0.29, 0.717) is 24.0 Å². The second-order valence-corrected chi connectivity index (χ2v) is 5.01. The zero-order chi connectivity index (χ0) is 14.4. The summed E-state index contributed by atoms with van der Waals surface area (Å²) in [6.07, 6.45) is 0.466. The Kier molecular flexibility index (Phi) is 5.64. The number of methoxy groups -OCH3 is 2. The predicted octanol–water partition coefficient (Wildman–Crippen LogP) is 1.36. The molecule has 2 atom stereocenters. The van der Waals surface area contributed by atoms with Crippen LogP contribution in [0.2, 0.25) is 0 Å². The third-order valence-corrected chi connectivity index (χ3v) is 3.59. The lowest BCUT2D eigenvalue weighted by Gasteiger charge is -2.17. The highest BCUT2D eigenvalue weighted by Gasteiger charge is 2.17. The molecular formula is C15H23NO4. The Balaban J connectivity index is 1.91. The molecule has 0 amide bonds. The molecule has 5 heteroatoms. The Morgan fingerprint density at radius 2 is 2.25 bits per heavy atom. The molecule has 0 bridgehead atoms. The summed E-state index contributed by atoms with van der Waals surface area (Å²) in [7, 11) is 3.21. The zero-order valence-electron chi connectivity index (χ0n) is 12.1. The lowest BCUT2D eigenvalue weighted by Crippen LogP contribution is -2.27. The van der Waals surface area contributed by atoms with Crippen molar-refractivity contribution in [2.75, 3.05) is 40.5 Å². The van der Waals surface area contributed by atoms with Crippen molar-refractivity contribution in [1.82, 2.24) is 5.32 Å². The highest BCUT2D eigenvalue weighted by atomic mass is 16.5. The first-order valence-corrected chi connectivity index (χ1v) is 6.93. The van der Waals surface area contributed by atoms with Gasteiger partial charge >= 0.3 is 0 Å². The van der Waals surface area contributed by atoms with Crippen LogP contribution < -0.4 is 14.8 Å². The summed E-state index contributed by atoms with van der Waals surface area (Å²) in [4.78, 5) is 0. The number of ether oxygens (including phenoxy) is 3. The Labute approximate surface area is 119 Å². The molecule has 1 fully saturated rings. The van der Waals surface area contributed by atoms with Gasteiger partial charge in [0.2, 0.25) is 0 Å². The molecular weight excluding hydrogens is 258 g/mol. The lowest BCUT2D eigenvalue weighted by atomic mass is 10.1. The van der Waals surface area contributed by atoms with Gasteiger partial charge < -0.3 is 24.6 Å². The second kappa shape index (κ2) is 7.47. The number of hydrogen-bond acceptors (Lipinski definition) is 5. The second-order valence-electron chi connectivity index (χ2n) is 5.01. The van der Waals surface area contributed by atoms with Gasteiger partial charge in [0.15, 0.2) is 0 Å². The third-order valence-electron chi connectivity index (χ3n) is 3.59. The topological polar surface area (TPSA) is 60.0 Å². The van der Waals surface area contributed by atoms with Crippen LogP contribution >= 0.6 is 0 Å². The first kappa shape index (κ1) is 15.1. The van der Waals surface area contributed by atoms with Crippen LogP contribution in [-0.2, 0) is 4.74 Å². The summed E-state index contributed by atoms with van der Waals surface area (Å²) in [5, 5.41) is 13.6. The van der Waals surface area contributed by atoms with E-state index >= 15 is 0 Å². The van der Waals surface area contributed by atoms with Crippen molar-refractivity contribution in [3.8, 4) is 11.5 Å². The highest BCUT2D eigenvalue weighted by Crippen LogP contribution is 2.29. The summed E-state index contributed by atoms with van der Waals surface area (Å²) < 4.78 is 15.8. The van der Waals surface area contributed by atoms with Gasteiger partial charge in [-0.15, -0.1) is 0 Å². The van der Waals surface area contributed by atoms with Crippen LogP contribution in [0.15, 0.2) is 18.2 Å². The van der Waals surface area contributed by atoms with Crippen LogP contribution in [0.1, 0.15) is 18.1 Å². The summed E-state index contributed by atoms with van der Waals surface area (Å²) in [5.74, 6) is 1.93. The van der Waals surface area contributed by atoms with E-state index in [0.717, 1.165) is 31.7 Å². The van der Waals surface area contributed by atoms with Crippen LogP contribution in [0.25, 0.3) is 0 Å². The molecule has 1 heterocycles. The molecule has 0 saturated carbocycles. The highest BCUT2D eigenvalue weighted by molar-refractivity contribution is 5.41. The number of rotatable bonds is 7. The molecule has 112 valence electrons. The summed E-state index contributed by atoms with van der Waals surface area (Å²) in [6, 6.07) is 5.43. The van der Waals surface area contributed by atoms with Crippen molar-refractivity contribution in [1.29, 1.82) is 0 Å². The minimum Gasteiger partial charge on any atom is -0.497 e. The number of aliphatic hydroxyl groups is 1. The fourth-order valence-corrected chi connectivity index (χ4v) is 2.38. The van der Waals surface area contributed by atoms with Crippen molar-refractivity contribution in [2.24, 2.45) is 5.92 Å².